The number of sulfone groups is 1. The summed E-state index contributed by atoms with van der Waals surface area (Å²) >= 11 is 5.90. The van der Waals surface area contributed by atoms with E-state index in [2.05, 4.69) is 0 Å². The van der Waals surface area contributed by atoms with E-state index in [-0.39, 0.29) is 11.5 Å². The van der Waals surface area contributed by atoms with Crippen molar-refractivity contribution in [2.75, 3.05) is 6.61 Å². The Morgan fingerprint density at radius 3 is 2.32 bits per heavy atom. The van der Waals surface area contributed by atoms with Crippen LogP contribution in [-0.4, -0.2) is 31.8 Å². The zero-order chi connectivity index (χ0) is 18.2. The second-order valence-corrected chi connectivity index (χ2v) is 8.47. The van der Waals surface area contributed by atoms with E-state index in [9.17, 15) is 13.2 Å². The van der Waals surface area contributed by atoms with E-state index in [4.69, 9.17) is 22.1 Å². The molecule has 2 aromatic carbocycles. The van der Waals surface area contributed by atoms with E-state index in [0.717, 1.165) is 0 Å². The van der Waals surface area contributed by atoms with Gasteiger partial charge in [-0.15, -0.1) is 0 Å². The number of nitrogens with two attached hydrogens (primary N) is 1. The molecular weight excluding hydrogens is 362 g/mol. The highest BCUT2D eigenvalue weighted by atomic mass is 35.5. The number of benzene rings is 2. The van der Waals surface area contributed by atoms with Gasteiger partial charge in [-0.1, -0.05) is 41.9 Å². The lowest BCUT2D eigenvalue weighted by Crippen LogP contribution is -2.41. The van der Waals surface area contributed by atoms with Gasteiger partial charge >= 0.3 is 5.97 Å². The minimum atomic E-state index is -3.80. The summed E-state index contributed by atoms with van der Waals surface area (Å²) in [4.78, 5) is 12.6. The number of hydrogen-bond acceptors (Lipinski definition) is 5. The van der Waals surface area contributed by atoms with Gasteiger partial charge < -0.3 is 10.5 Å². The van der Waals surface area contributed by atoms with Crippen LogP contribution in [0.1, 0.15) is 18.4 Å². The Morgan fingerprint density at radius 2 is 1.76 bits per heavy atom. The van der Waals surface area contributed by atoms with Crippen LogP contribution in [0.25, 0.3) is 0 Å². The van der Waals surface area contributed by atoms with Crippen molar-refractivity contribution in [2.45, 2.75) is 28.5 Å². The number of ether oxygens (including phenoxy) is 1. The van der Waals surface area contributed by atoms with Crippen LogP contribution < -0.4 is 5.73 Å². The molecule has 0 heterocycles. The molecule has 0 saturated heterocycles. The molecule has 0 spiro atoms. The third-order valence-electron chi connectivity index (χ3n) is 4.44. The Hall–Kier alpha value is -1.89. The van der Waals surface area contributed by atoms with Gasteiger partial charge in [0.2, 0.25) is 0 Å². The summed E-state index contributed by atoms with van der Waals surface area (Å²) in [6.07, 6.45) is 0. The van der Waals surface area contributed by atoms with Crippen LogP contribution in [0.2, 0.25) is 5.02 Å². The summed E-state index contributed by atoms with van der Waals surface area (Å²) < 4.78 is 31.2. The fraction of sp³-hybridized carbons (Fsp3) is 0.278. The molecule has 3 rings (SSSR count). The minimum Gasteiger partial charge on any atom is -0.465 e. The van der Waals surface area contributed by atoms with Gasteiger partial charge in [0.1, 0.15) is 10.8 Å². The summed E-state index contributed by atoms with van der Waals surface area (Å²) in [5.74, 6) is -1.39. The molecule has 0 radical (unpaired) electrons. The van der Waals surface area contributed by atoms with E-state index >= 15 is 0 Å². The van der Waals surface area contributed by atoms with E-state index in [1.807, 2.05) is 0 Å². The van der Waals surface area contributed by atoms with Gasteiger partial charge in [-0.25, -0.2) is 13.2 Å². The van der Waals surface area contributed by atoms with Crippen molar-refractivity contribution in [3.8, 4) is 0 Å². The molecule has 0 aliphatic heterocycles. The van der Waals surface area contributed by atoms with Crippen molar-refractivity contribution in [3.05, 3.63) is 65.2 Å². The zero-order valence-corrected chi connectivity index (χ0v) is 15.1. The molecule has 0 amide bonds. The Labute approximate surface area is 151 Å². The van der Waals surface area contributed by atoms with Crippen molar-refractivity contribution < 1.29 is 17.9 Å². The fourth-order valence-corrected chi connectivity index (χ4v) is 5.56. The molecule has 1 fully saturated rings. The van der Waals surface area contributed by atoms with Gasteiger partial charge in [0.15, 0.2) is 9.84 Å². The second-order valence-electron chi connectivity index (χ2n) is 5.96. The Kier molecular flexibility index (Phi) is 4.62. The van der Waals surface area contributed by atoms with E-state index < -0.39 is 32.5 Å². The van der Waals surface area contributed by atoms with Crippen molar-refractivity contribution in [3.63, 3.8) is 0 Å². The van der Waals surface area contributed by atoms with Gasteiger partial charge in [0.05, 0.1) is 11.5 Å². The van der Waals surface area contributed by atoms with Crippen molar-refractivity contribution in [1.29, 1.82) is 0 Å². The molecule has 2 aromatic rings. The number of halogens is 1. The topological polar surface area (TPSA) is 86.5 Å². The summed E-state index contributed by atoms with van der Waals surface area (Å²) in [5, 5.41) is -0.562. The fourth-order valence-electron chi connectivity index (χ4n) is 3.19. The van der Waals surface area contributed by atoms with Crippen LogP contribution in [0.5, 0.6) is 0 Å². The minimum absolute atomic E-state index is 0.128. The van der Waals surface area contributed by atoms with E-state index in [1.54, 1.807) is 49.4 Å². The molecule has 3 atom stereocenters. The Morgan fingerprint density at radius 1 is 1.16 bits per heavy atom. The highest BCUT2D eigenvalue weighted by Crippen LogP contribution is 2.56. The van der Waals surface area contributed by atoms with Gasteiger partial charge in [-0.3, -0.25) is 0 Å². The highest BCUT2D eigenvalue weighted by molar-refractivity contribution is 7.92. The first-order chi connectivity index (χ1) is 11.8. The van der Waals surface area contributed by atoms with E-state index in [0.29, 0.717) is 10.6 Å². The SMILES string of the molecule is CCOC(=O)C1(N)C(c2ccc(Cl)cc2)C1S(=O)(=O)c1ccccc1. The lowest BCUT2D eigenvalue weighted by atomic mass is 10.1. The molecule has 132 valence electrons. The average Bonchev–Trinajstić information content (AvgIpc) is 3.25. The number of esters is 1. The zero-order valence-electron chi connectivity index (χ0n) is 13.6. The maximum atomic E-state index is 13.1. The predicted molar refractivity (Wildman–Crippen MR) is 95.2 cm³/mol. The van der Waals surface area contributed by atoms with Gasteiger partial charge in [-0.05, 0) is 36.8 Å². The maximum Gasteiger partial charge on any atom is 0.328 e. The maximum absolute atomic E-state index is 13.1. The molecule has 1 aliphatic rings. The quantitative estimate of drug-likeness (QED) is 0.807. The summed E-state index contributed by atoms with van der Waals surface area (Å²) in [5.41, 5.74) is 5.30. The summed E-state index contributed by atoms with van der Waals surface area (Å²) in [7, 11) is -3.80. The third-order valence-corrected chi connectivity index (χ3v) is 6.96. The highest BCUT2D eigenvalue weighted by Gasteiger charge is 2.74. The molecule has 1 saturated carbocycles. The van der Waals surface area contributed by atoms with Crippen molar-refractivity contribution in [1.82, 2.24) is 0 Å². The Balaban J connectivity index is 2.06. The standard InChI is InChI=1S/C18H18ClNO4S/c1-2-24-17(21)18(20)15(12-8-10-13(19)11-9-12)16(18)25(22,23)14-6-4-3-5-7-14/h3-11,15-16H,2,20H2,1H3. The molecule has 1 aliphatic carbocycles. The monoisotopic (exact) mass is 379 g/mol. The van der Waals surface area contributed by atoms with Crippen LogP contribution in [0.4, 0.5) is 0 Å². The first-order valence-electron chi connectivity index (χ1n) is 7.84. The number of hydrogen-bond donors (Lipinski definition) is 1. The second kappa shape index (κ2) is 6.44. The molecule has 0 bridgehead atoms. The summed E-state index contributed by atoms with van der Waals surface area (Å²) in [6, 6.07) is 14.7. The van der Waals surface area contributed by atoms with Gasteiger partial charge in [-0.2, -0.15) is 0 Å². The first-order valence-corrected chi connectivity index (χ1v) is 9.76. The van der Waals surface area contributed by atoms with Gasteiger partial charge in [0, 0.05) is 10.9 Å². The average molecular weight is 380 g/mol. The van der Waals surface area contributed by atoms with Crippen molar-refractivity contribution in [2.24, 2.45) is 5.73 Å². The molecule has 5 nitrogen and oxygen atoms in total. The van der Waals surface area contributed by atoms with Crippen LogP contribution in [0, 0.1) is 0 Å². The lowest BCUT2D eigenvalue weighted by Gasteiger charge is -2.11. The van der Waals surface area contributed by atoms with Crippen LogP contribution >= 0.6 is 11.6 Å². The number of carbonyl (C=O) groups excluding carboxylic acids is 1. The summed E-state index contributed by atoms with van der Waals surface area (Å²) in [6.45, 7) is 1.78. The Bertz CT molecular complexity index is 883. The van der Waals surface area contributed by atoms with Crippen LogP contribution in [0.3, 0.4) is 0 Å². The molecule has 25 heavy (non-hydrogen) atoms. The van der Waals surface area contributed by atoms with Gasteiger partial charge in [0.25, 0.3) is 0 Å². The first kappa shape index (κ1) is 17.9. The normalized spacial score (nSPS) is 25.4. The van der Waals surface area contributed by atoms with Crippen LogP contribution in [0.15, 0.2) is 59.5 Å². The van der Waals surface area contributed by atoms with Crippen LogP contribution in [-0.2, 0) is 19.4 Å². The largest absolute Gasteiger partial charge is 0.465 e. The van der Waals surface area contributed by atoms with E-state index in [1.165, 1.54) is 12.1 Å². The molecule has 3 unspecified atom stereocenters. The molecule has 0 aromatic heterocycles. The lowest BCUT2D eigenvalue weighted by molar-refractivity contribution is -0.145. The molecular formula is C18H18ClNO4S. The van der Waals surface area contributed by atoms with Crippen molar-refractivity contribution >= 4 is 27.4 Å². The predicted octanol–water partition coefficient (Wildman–Crippen LogP) is 2.54. The third kappa shape index (κ3) is 2.94. The number of rotatable bonds is 5. The molecule has 7 heteroatoms. The smallest absolute Gasteiger partial charge is 0.328 e. The molecule has 2 N–H and O–H groups in total. The number of carbonyl (C=O) groups is 1.